The van der Waals surface area contributed by atoms with Crippen molar-refractivity contribution < 1.29 is 22.4 Å². The maximum atomic E-state index is 12.9. The zero-order chi connectivity index (χ0) is 21.2. The second-order valence-corrected chi connectivity index (χ2v) is 9.62. The van der Waals surface area contributed by atoms with E-state index in [0.29, 0.717) is 35.2 Å². The molecule has 9 heteroatoms. The topological polar surface area (TPSA) is 83.6 Å². The van der Waals surface area contributed by atoms with Gasteiger partial charge in [-0.2, -0.15) is 0 Å². The van der Waals surface area contributed by atoms with Crippen LogP contribution in [-0.2, 0) is 25.8 Å². The van der Waals surface area contributed by atoms with Gasteiger partial charge in [0, 0.05) is 35.2 Å². The third-order valence-corrected chi connectivity index (χ3v) is 7.36. The van der Waals surface area contributed by atoms with E-state index in [2.05, 4.69) is 21.2 Å². The Kier molecular flexibility index (Phi) is 6.38. The Bertz CT molecular complexity index is 1050. The number of hydrogen-bond acceptors (Lipinski definition) is 4. The Balaban J connectivity index is 1.75. The van der Waals surface area contributed by atoms with Gasteiger partial charge < -0.3 is 10.2 Å². The first-order valence-electron chi connectivity index (χ1n) is 9.12. The summed E-state index contributed by atoms with van der Waals surface area (Å²) in [5.74, 6) is -1.37. The van der Waals surface area contributed by atoms with Crippen molar-refractivity contribution in [2.75, 3.05) is 22.5 Å². The summed E-state index contributed by atoms with van der Waals surface area (Å²) in [5, 5.41) is 2.54. The van der Waals surface area contributed by atoms with Gasteiger partial charge in [0.2, 0.25) is 11.8 Å². The molecule has 0 fully saturated rings. The van der Waals surface area contributed by atoms with Crippen LogP contribution < -0.4 is 10.2 Å². The van der Waals surface area contributed by atoms with Crippen LogP contribution in [0.25, 0.3) is 0 Å². The number of nitrogens with zero attached hydrogens (tertiary/aromatic N) is 1. The van der Waals surface area contributed by atoms with E-state index < -0.39 is 21.6 Å². The summed E-state index contributed by atoms with van der Waals surface area (Å²) < 4.78 is 39.0. The van der Waals surface area contributed by atoms with E-state index in [1.54, 1.807) is 17.9 Å². The van der Waals surface area contributed by atoms with Gasteiger partial charge in [-0.05, 0) is 64.3 Å². The molecule has 0 atom stereocenters. The number of amides is 2. The van der Waals surface area contributed by atoms with E-state index in [0.717, 1.165) is 5.56 Å². The maximum absolute atomic E-state index is 12.9. The number of benzene rings is 2. The first-order chi connectivity index (χ1) is 13.7. The number of rotatable bonds is 6. The number of hydrogen-bond donors (Lipinski definition) is 1. The molecular formula is C20H20BrFN2O4S. The molecule has 0 aromatic heterocycles. The number of nitrogens with one attached hydrogen (secondary N) is 1. The van der Waals surface area contributed by atoms with Gasteiger partial charge in [-0.15, -0.1) is 0 Å². The summed E-state index contributed by atoms with van der Waals surface area (Å²) in [6, 6.07) is 8.45. The van der Waals surface area contributed by atoms with Gasteiger partial charge in [0.05, 0.1) is 10.6 Å². The van der Waals surface area contributed by atoms with Crippen LogP contribution in [0.15, 0.2) is 45.8 Å². The van der Waals surface area contributed by atoms with Crippen molar-refractivity contribution in [2.24, 2.45) is 0 Å². The molecule has 1 heterocycles. The lowest BCUT2D eigenvalue weighted by molar-refractivity contribution is -0.118. The van der Waals surface area contributed by atoms with Crippen LogP contribution in [0.3, 0.4) is 0 Å². The van der Waals surface area contributed by atoms with Crippen molar-refractivity contribution in [1.82, 2.24) is 0 Å². The molecule has 0 saturated heterocycles. The molecule has 2 aromatic carbocycles. The van der Waals surface area contributed by atoms with E-state index in [-0.39, 0.29) is 23.0 Å². The minimum Gasteiger partial charge on any atom is -0.326 e. The molecule has 2 aromatic rings. The lowest BCUT2D eigenvalue weighted by Gasteiger charge is -2.18. The molecule has 0 saturated carbocycles. The standard InChI is InChI=1S/C20H20BrFN2O4S/c1-2-20(26)24-9-7-13-11-16(21)18(12-17(13)24)29(27,28)10-8-19(25)23-15-5-3-14(22)4-6-15/h3-6,11-12H,2,7-10H2,1H3,(H,23,25). The van der Waals surface area contributed by atoms with Crippen LogP contribution in [0.1, 0.15) is 25.3 Å². The Morgan fingerprint density at radius 2 is 1.90 bits per heavy atom. The van der Waals surface area contributed by atoms with Gasteiger partial charge in [-0.1, -0.05) is 6.92 Å². The van der Waals surface area contributed by atoms with E-state index in [9.17, 15) is 22.4 Å². The van der Waals surface area contributed by atoms with Gasteiger partial charge in [0.25, 0.3) is 0 Å². The highest BCUT2D eigenvalue weighted by molar-refractivity contribution is 9.10. The van der Waals surface area contributed by atoms with Crippen molar-refractivity contribution in [3.05, 3.63) is 52.3 Å². The lowest BCUT2D eigenvalue weighted by Crippen LogP contribution is -2.28. The first-order valence-corrected chi connectivity index (χ1v) is 11.6. The molecule has 154 valence electrons. The van der Waals surface area contributed by atoms with Crippen molar-refractivity contribution in [3.63, 3.8) is 0 Å². The summed E-state index contributed by atoms with van der Waals surface area (Å²) in [7, 11) is -3.77. The Labute approximate surface area is 177 Å². The van der Waals surface area contributed by atoms with Crippen molar-refractivity contribution in [2.45, 2.75) is 31.1 Å². The van der Waals surface area contributed by atoms with Crippen molar-refractivity contribution >= 4 is 49.0 Å². The second-order valence-electron chi connectivity index (χ2n) is 6.68. The highest BCUT2D eigenvalue weighted by Crippen LogP contribution is 2.36. The minimum absolute atomic E-state index is 0.0571. The van der Waals surface area contributed by atoms with Crippen LogP contribution in [-0.4, -0.2) is 32.5 Å². The van der Waals surface area contributed by atoms with Crippen LogP contribution in [0.5, 0.6) is 0 Å². The Morgan fingerprint density at radius 3 is 2.55 bits per heavy atom. The fraction of sp³-hybridized carbons (Fsp3) is 0.300. The molecule has 0 unspecified atom stereocenters. The fourth-order valence-corrected chi connectivity index (χ4v) is 5.62. The van der Waals surface area contributed by atoms with Crippen LogP contribution in [0, 0.1) is 5.82 Å². The summed E-state index contributed by atoms with van der Waals surface area (Å²) in [4.78, 5) is 25.9. The number of fused-ring (bicyclic) bond motifs is 1. The lowest BCUT2D eigenvalue weighted by atomic mass is 10.2. The van der Waals surface area contributed by atoms with Gasteiger partial charge in [0.15, 0.2) is 9.84 Å². The van der Waals surface area contributed by atoms with E-state index >= 15 is 0 Å². The molecule has 6 nitrogen and oxygen atoms in total. The summed E-state index contributed by atoms with van der Waals surface area (Å²) >= 11 is 3.31. The number of anilines is 2. The minimum atomic E-state index is -3.77. The first kappa shape index (κ1) is 21.4. The SMILES string of the molecule is CCC(=O)N1CCc2cc(Br)c(S(=O)(=O)CCC(=O)Nc3ccc(F)cc3)cc21. The molecule has 0 spiro atoms. The summed E-state index contributed by atoms with van der Waals surface area (Å²) in [6.07, 6.45) is 0.752. The molecule has 0 aliphatic carbocycles. The molecule has 0 bridgehead atoms. The van der Waals surface area contributed by atoms with Gasteiger partial charge in [0.1, 0.15) is 5.82 Å². The zero-order valence-corrected chi connectivity index (χ0v) is 18.1. The largest absolute Gasteiger partial charge is 0.326 e. The monoisotopic (exact) mass is 482 g/mol. The molecule has 0 radical (unpaired) electrons. The predicted molar refractivity (Wildman–Crippen MR) is 112 cm³/mol. The molecule has 3 rings (SSSR count). The summed E-state index contributed by atoms with van der Waals surface area (Å²) in [5.41, 5.74) is 1.90. The third kappa shape index (κ3) is 4.84. The normalized spacial score (nSPS) is 13.3. The Morgan fingerprint density at radius 1 is 1.21 bits per heavy atom. The van der Waals surface area contributed by atoms with Gasteiger partial charge >= 0.3 is 0 Å². The predicted octanol–water partition coefficient (Wildman–Crippen LogP) is 3.69. The highest BCUT2D eigenvalue weighted by Gasteiger charge is 2.28. The fourth-order valence-electron chi connectivity index (χ4n) is 3.17. The zero-order valence-electron chi connectivity index (χ0n) is 15.7. The second kappa shape index (κ2) is 8.62. The average Bonchev–Trinajstić information content (AvgIpc) is 3.09. The molecule has 29 heavy (non-hydrogen) atoms. The maximum Gasteiger partial charge on any atom is 0.226 e. The Hall–Kier alpha value is -2.26. The number of carbonyl (C=O) groups excluding carboxylic acids is 2. The molecule has 1 aliphatic heterocycles. The quantitative estimate of drug-likeness (QED) is 0.680. The average molecular weight is 483 g/mol. The van der Waals surface area contributed by atoms with Crippen molar-refractivity contribution in [1.29, 1.82) is 0 Å². The van der Waals surface area contributed by atoms with Crippen LogP contribution >= 0.6 is 15.9 Å². The van der Waals surface area contributed by atoms with E-state index in [1.807, 2.05) is 0 Å². The third-order valence-electron chi connectivity index (χ3n) is 4.69. The van der Waals surface area contributed by atoms with Crippen LogP contribution in [0.2, 0.25) is 0 Å². The van der Waals surface area contributed by atoms with Crippen molar-refractivity contribution in [3.8, 4) is 0 Å². The molecule has 1 N–H and O–H groups in total. The number of sulfone groups is 1. The highest BCUT2D eigenvalue weighted by atomic mass is 79.9. The number of halogens is 2. The molecule has 2 amide bonds. The van der Waals surface area contributed by atoms with E-state index in [1.165, 1.54) is 30.3 Å². The summed E-state index contributed by atoms with van der Waals surface area (Å²) in [6.45, 7) is 2.29. The van der Waals surface area contributed by atoms with Gasteiger partial charge in [-0.25, -0.2) is 12.8 Å². The number of carbonyl (C=O) groups is 2. The molecular weight excluding hydrogens is 463 g/mol. The smallest absolute Gasteiger partial charge is 0.226 e. The van der Waals surface area contributed by atoms with Crippen LogP contribution in [0.4, 0.5) is 15.8 Å². The van der Waals surface area contributed by atoms with Gasteiger partial charge in [-0.3, -0.25) is 9.59 Å². The van der Waals surface area contributed by atoms with E-state index in [4.69, 9.17) is 0 Å². The molecule has 1 aliphatic rings.